The van der Waals surface area contributed by atoms with E-state index in [4.69, 9.17) is 4.74 Å². The van der Waals surface area contributed by atoms with E-state index in [1.807, 2.05) is 36.4 Å². The Bertz CT molecular complexity index is 934. The Morgan fingerprint density at radius 1 is 1.12 bits per heavy atom. The quantitative estimate of drug-likeness (QED) is 0.851. The average molecular weight is 353 g/mol. The van der Waals surface area contributed by atoms with Crippen LogP contribution in [0, 0.1) is 0 Å². The second-order valence-corrected chi connectivity index (χ2v) is 8.08. The van der Waals surface area contributed by atoms with Crippen LogP contribution >= 0.6 is 0 Å². The molecule has 2 heterocycles. The fraction of sp³-hybridized carbons (Fsp3) is 0.200. The first-order valence-corrected chi connectivity index (χ1v) is 9.69. The maximum atomic E-state index is 13.2. The standard InChI is InChI=1S/C20H19NO3S/c1-2-16-12-13-21-17(14-15-8-4-3-5-9-15)20(16)24-18-10-6-7-11-19(18)25(21,22)23/h2-12,17,20H,1,13-14H2/t17?,20-/m1/s1. The lowest BCUT2D eigenvalue weighted by Crippen LogP contribution is -2.51. The maximum Gasteiger partial charge on any atom is 0.247 e. The maximum absolute atomic E-state index is 13.2. The van der Waals surface area contributed by atoms with Crippen molar-refractivity contribution in [3.05, 3.63) is 84.5 Å². The van der Waals surface area contributed by atoms with Crippen LogP contribution in [0.2, 0.25) is 0 Å². The van der Waals surface area contributed by atoms with Gasteiger partial charge in [-0.2, -0.15) is 4.31 Å². The van der Waals surface area contributed by atoms with Crippen molar-refractivity contribution in [2.75, 3.05) is 6.54 Å². The van der Waals surface area contributed by atoms with Gasteiger partial charge in [0.15, 0.2) is 0 Å². The zero-order chi connectivity index (χ0) is 17.4. The lowest BCUT2D eigenvalue weighted by molar-refractivity contribution is 0.142. The molecule has 2 unspecified atom stereocenters. The van der Waals surface area contributed by atoms with Gasteiger partial charge in [-0.25, -0.2) is 8.42 Å². The molecule has 0 aromatic heterocycles. The van der Waals surface area contributed by atoms with Gasteiger partial charge in [0, 0.05) is 6.54 Å². The van der Waals surface area contributed by atoms with Gasteiger partial charge < -0.3 is 4.74 Å². The van der Waals surface area contributed by atoms with Crippen molar-refractivity contribution >= 4 is 10.0 Å². The van der Waals surface area contributed by atoms with E-state index in [9.17, 15) is 8.42 Å². The van der Waals surface area contributed by atoms with E-state index in [0.717, 1.165) is 11.1 Å². The number of fused-ring (bicyclic) bond motifs is 3. The van der Waals surface area contributed by atoms with Crippen LogP contribution < -0.4 is 4.74 Å². The van der Waals surface area contributed by atoms with Gasteiger partial charge in [-0.05, 0) is 29.7 Å². The third kappa shape index (κ3) is 2.69. The summed E-state index contributed by atoms with van der Waals surface area (Å²) in [6.45, 7) is 4.21. The summed E-state index contributed by atoms with van der Waals surface area (Å²) in [5.74, 6) is 0.405. The minimum Gasteiger partial charge on any atom is -0.483 e. The van der Waals surface area contributed by atoms with E-state index in [1.165, 1.54) is 0 Å². The van der Waals surface area contributed by atoms with Crippen LogP contribution in [0.25, 0.3) is 0 Å². The summed E-state index contributed by atoms with van der Waals surface area (Å²) in [5.41, 5.74) is 2.02. The minimum absolute atomic E-state index is 0.231. The van der Waals surface area contributed by atoms with E-state index in [-0.39, 0.29) is 17.0 Å². The molecular weight excluding hydrogens is 334 g/mol. The number of benzene rings is 2. The second kappa shape index (κ2) is 6.17. The van der Waals surface area contributed by atoms with Gasteiger partial charge in [0.2, 0.25) is 10.0 Å². The molecule has 128 valence electrons. The second-order valence-electron chi connectivity index (χ2n) is 6.23. The summed E-state index contributed by atoms with van der Waals surface area (Å²) in [7, 11) is -3.62. The fourth-order valence-corrected chi connectivity index (χ4v) is 5.22. The predicted molar refractivity (Wildman–Crippen MR) is 97.0 cm³/mol. The van der Waals surface area contributed by atoms with Crippen molar-refractivity contribution in [3.63, 3.8) is 0 Å². The summed E-state index contributed by atoms with van der Waals surface area (Å²) in [4.78, 5) is 0.231. The molecule has 2 aromatic rings. The van der Waals surface area contributed by atoms with Gasteiger partial charge in [-0.1, -0.05) is 61.2 Å². The normalized spacial score (nSPS) is 26.6. The smallest absolute Gasteiger partial charge is 0.247 e. The molecule has 2 aromatic carbocycles. The number of para-hydroxylation sites is 1. The van der Waals surface area contributed by atoms with Gasteiger partial charge in [0.05, 0.1) is 6.04 Å². The van der Waals surface area contributed by atoms with Crippen molar-refractivity contribution in [2.24, 2.45) is 0 Å². The lowest BCUT2D eigenvalue weighted by Gasteiger charge is -2.36. The van der Waals surface area contributed by atoms with Crippen molar-refractivity contribution in [1.82, 2.24) is 4.31 Å². The highest BCUT2D eigenvalue weighted by Crippen LogP contribution is 2.38. The summed E-state index contributed by atoms with van der Waals surface area (Å²) in [6.07, 6.45) is 3.87. The molecule has 0 radical (unpaired) electrons. The highest BCUT2D eigenvalue weighted by molar-refractivity contribution is 7.89. The number of ether oxygens (including phenoxy) is 1. The third-order valence-corrected chi connectivity index (χ3v) is 6.70. The van der Waals surface area contributed by atoms with Gasteiger partial charge in [-0.3, -0.25) is 0 Å². The highest BCUT2D eigenvalue weighted by atomic mass is 32.2. The summed E-state index contributed by atoms with van der Waals surface area (Å²) >= 11 is 0. The molecule has 0 fully saturated rings. The highest BCUT2D eigenvalue weighted by Gasteiger charge is 2.44. The Labute approximate surface area is 148 Å². The van der Waals surface area contributed by atoms with Crippen LogP contribution in [0.1, 0.15) is 5.56 Å². The Balaban J connectivity index is 1.85. The van der Waals surface area contributed by atoms with Crippen LogP contribution in [0.4, 0.5) is 0 Å². The van der Waals surface area contributed by atoms with Gasteiger partial charge >= 0.3 is 0 Å². The van der Waals surface area contributed by atoms with Crippen molar-refractivity contribution in [1.29, 1.82) is 0 Å². The Morgan fingerprint density at radius 3 is 2.60 bits per heavy atom. The molecule has 0 saturated carbocycles. The number of hydrogen-bond acceptors (Lipinski definition) is 3. The molecule has 0 N–H and O–H groups in total. The third-order valence-electron chi connectivity index (χ3n) is 4.77. The van der Waals surface area contributed by atoms with Gasteiger partial charge in [0.1, 0.15) is 16.7 Å². The lowest BCUT2D eigenvalue weighted by atomic mass is 9.93. The molecule has 0 spiro atoms. The number of nitrogens with zero attached hydrogens (tertiary/aromatic N) is 1. The summed E-state index contributed by atoms with van der Waals surface area (Å²) in [5, 5.41) is 0. The monoisotopic (exact) mass is 353 g/mol. The molecule has 0 aliphatic carbocycles. The molecule has 4 nitrogen and oxygen atoms in total. The van der Waals surface area contributed by atoms with E-state index in [1.54, 1.807) is 34.6 Å². The SMILES string of the molecule is C=CC1=CCN2C(Cc3ccccc3)[C@@H]1Oc1ccccc1S2(=O)=O. The average Bonchev–Trinajstić information content (AvgIpc) is 2.68. The summed E-state index contributed by atoms with van der Waals surface area (Å²) in [6, 6.07) is 16.4. The molecule has 25 heavy (non-hydrogen) atoms. The van der Waals surface area contributed by atoms with E-state index >= 15 is 0 Å². The van der Waals surface area contributed by atoms with Crippen LogP contribution in [0.15, 0.2) is 83.8 Å². The van der Waals surface area contributed by atoms with Gasteiger partial charge in [0.25, 0.3) is 0 Å². The largest absolute Gasteiger partial charge is 0.483 e. The molecule has 4 rings (SSSR count). The Morgan fingerprint density at radius 2 is 1.84 bits per heavy atom. The topological polar surface area (TPSA) is 46.6 Å². The molecule has 0 saturated heterocycles. The van der Waals surface area contributed by atoms with Crippen molar-refractivity contribution in [3.8, 4) is 5.75 Å². The Hall–Kier alpha value is -2.37. The van der Waals surface area contributed by atoms with Crippen LogP contribution in [0.3, 0.4) is 0 Å². The van der Waals surface area contributed by atoms with Crippen LogP contribution in [0.5, 0.6) is 5.75 Å². The zero-order valence-corrected chi connectivity index (χ0v) is 14.5. The number of hydrogen-bond donors (Lipinski definition) is 0. The zero-order valence-electron chi connectivity index (χ0n) is 13.7. The first kappa shape index (κ1) is 16.1. The molecular formula is C20H19NO3S. The molecule has 2 bridgehead atoms. The van der Waals surface area contributed by atoms with Crippen molar-refractivity contribution < 1.29 is 13.2 Å². The summed E-state index contributed by atoms with van der Waals surface area (Å²) < 4.78 is 34.2. The number of rotatable bonds is 3. The Kier molecular flexibility index (Phi) is 3.98. The first-order chi connectivity index (χ1) is 12.1. The minimum atomic E-state index is -3.62. The van der Waals surface area contributed by atoms with E-state index < -0.39 is 10.0 Å². The van der Waals surface area contributed by atoms with Crippen molar-refractivity contribution in [2.45, 2.75) is 23.5 Å². The van der Waals surface area contributed by atoms with Crippen LogP contribution in [-0.2, 0) is 16.4 Å². The first-order valence-electron chi connectivity index (χ1n) is 8.25. The molecule has 5 heteroatoms. The predicted octanol–water partition coefficient (Wildman–Crippen LogP) is 3.18. The molecule has 2 aliphatic heterocycles. The number of sulfonamides is 1. The van der Waals surface area contributed by atoms with E-state index in [0.29, 0.717) is 18.7 Å². The fourth-order valence-electron chi connectivity index (χ4n) is 3.53. The van der Waals surface area contributed by atoms with Crippen LogP contribution in [-0.4, -0.2) is 31.4 Å². The van der Waals surface area contributed by atoms with Gasteiger partial charge in [-0.15, -0.1) is 0 Å². The van der Waals surface area contributed by atoms with E-state index in [2.05, 4.69) is 6.58 Å². The molecule has 3 atom stereocenters. The molecule has 2 aliphatic rings. The molecule has 0 amide bonds.